The van der Waals surface area contributed by atoms with Crippen molar-refractivity contribution in [2.24, 2.45) is 5.10 Å². The number of rotatable bonds is 3. The van der Waals surface area contributed by atoms with Crippen molar-refractivity contribution in [3.63, 3.8) is 0 Å². The van der Waals surface area contributed by atoms with Gasteiger partial charge in [0.25, 0.3) is 0 Å². The van der Waals surface area contributed by atoms with Crippen LogP contribution >= 0.6 is 0 Å². The summed E-state index contributed by atoms with van der Waals surface area (Å²) in [6.07, 6.45) is 1.91. The number of nitrogens with one attached hydrogen (secondary N) is 1. The van der Waals surface area contributed by atoms with E-state index in [4.69, 9.17) is 0 Å². The molecule has 0 unspecified atom stereocenters. The lowest BCUT2D eigenvalue weighted by Gasteiger charge is -2.25. The maximum Gasteiger partial charge on any atom is 0.146 e. The predicted molar refractivity (Wildman–Crippen MR) is 117 cm³/mol. The lowest BCUT2D eigenvalue weighted by Crippen LogP contribution is -2.17. The molecule has 2 aromatic carbocycles. The molecule has 3 aromatic rings. The van der Waals surface area contributed by atoms with E-state index in [9.17, 15) is 0 Å². The first kappa shape index (κ1) is 19.1. The summed E-state index contributed by atoms with van der Waals surface area (Å²) in [6, 6.07) is 18.8. The monoisotopic (exact) mass is 359 g/mol. The molecule has 140 valence electrons. The molecule has 0 bridgehead atoms. The molecule has 3 heteroatoms. The first-order valence-corrected chi connectivity index (χ1v) is 9.44. The fourth-order valence-electron chi connectivity index (χ4n) is 3.12. The number of anilines is 1. The molecule has 1 aromatic heterocycles. The Morgan fingerprint density at radius 1 is 0.852 bits per heavy atom. The molecule has 0 saturated carbocycles. The number of para-hydroxylation sites is 1. The van der Waals surface area contributed by atoms with E-state index in [0.717, 1.165) is 22.3 Å². The third-order valence-electron chi connectivity index (χ3n) is 4.71. The van der Waals surface area contributed by atoms with Crippen LogP contribution in [0.4, 0.5) is 5.82 Å². The molecule has 0 spiro atoms. The molecule has 3 rings (SSSR count). The number of hydrazone groups is 1. The fraction of sp³-hybridized carbons (Fsp3) is 0.333. The number of hydrogen-bond donors (Lipinski definition) is 1. The van der Waals surface area contributed by atoms with Crippen LogP contribution in [-0.4, -0.2) is 11.2 Å². The van der Waals surface area contributed by atoms with E-state index in [1.807, 2.05) is 30.5 Å². The van der Waals surface area contributed by atoms with Crippen LogP contribution in [0.2, 0.25) is 0 Å². The van der Waals surface area contributed by atoms with Gasteiger partial charge in [-0.3, -0.25) is 5.43 Å². The maximum absolute atomic E-state index is 4.61. The van der Waals surface area contributed by atoms with Gasteiger partial charge in [0.15, 0.2) is 0 Å². The van der Waals surface area contributed by atoms with Crippen molar-refractivity contribution in [1.82, 2.24) is 4.98 Å². The van der Waals surface area contributed by atoms with E-state index in [1.54, 1.807) is 0 Å². The van der Waals surface area contributed by atoms with Crippen LogP contribution in [0.5, 0.6) is 0 Å². The Morgan fingerprint density at radius 3 is 2.30 bits per heavy atom. The third kappa shape index (κ3) is 4.54. The van der Waals surface area contributed by atoms with Gasteiger partial charge in [0.2, 0.25) is 0 Å². The SMILES string of the molecule is CC(C)(C)c1ccc(C(C)(C)C)c(/C=N/Nc2ccc3ccccc3n2)c1. The summed E-state index contributed by atoms with van der Waals surface area (Å²) in [6.45, 7) is 13.4. The normalized spacial score (nSPS) is 12.7. The zero-order valence-electron chi connectivity index (χ0n) is 17.2. The maximum atomic E-state index is 4.61. The van der Waals surface area contributed by atoms with Crippen molar-refractivity contribution < 1.29 is 0 Å². The van der Waals surface area contributed by atoms with Crippen molar-refractivity contribution in [3.8, 4) is 0 Å². The van der Waals surface area contributed by atoms with E-state index in [0.29, 0.717) is 0 Å². The standard InChI is InChI=1S/C24H29N3/c1-23(2,3)19-12-13-20(24(4,5)6)18(15-19)16-25-27-22-14-11-17-9-7-8-10-21(17)26-22/h7-16H,1-6H3,(H,26,27)/b25-16+. The largest absolute Gasteiger partial charge is 0.261 e. The minimum atomic E-state index is 0.0545. The predicted octanol–water partition coefficient (Wildman–Crippen LogP) is 6.28. The number of hydrogen-bond acceptors (Lipinski definition) is 3. The quantitative estimate of drug-likeness (QED) is 0.441. The highest BCUT2D eigenvalue weighted by molar-refractivity contribution is 5.84. The highest BCUT2D eigenvalue weighted by atomic mass is 15.3. The second-order valence-electron chi connectivity index (χ2n) is 9.06. The molecule has 0 aliphatic carbocycles. The smallest absolute Gasteiger partial charge is 0.146 e. The molecule has 0 aliphatic rings. The van der Waals surface area contributed by atoms with Crippen molar-refractivity contribution in [3.05, 3.63) is 71.3 Å². The van der Waals surface area contributed by atoms with Gasteiger partial charge in [-0.05, 0) is 51.8 Å². The van der Waals surface area contributed by atoms with Gasteiger partial charge in [-0.2, -0.15) is 5.10 Å². The summed E-state index contributed by atoms with van der Waals surface area (Å²) in [7, 11) is 0. The minimum absolute atomic E-state index is 0.0545. The highest BCUT2D eigenvalue weighted by Gasteiger charge is 2.20. The molecular weight excluding hydrogens is 330 g/mol. The summed E-state index contributed by atoms with van der Waals surface area (Å²) < 4.78 is 0. The Hall–Kier alpha value is -2.68. The van der Waals surface area contributed by atoms with Gasteiger partial charge in [-0.1, -0.05) is 71.9 Å². The third-order valence-corrected chi connectivity index (χ3v) is 4.71. The number of aromatic nitrogens is 1. The second-order valence-corrected chi connectivity index (χ2v) is 9.06. The second kappa shape index (κ2) is 7.15. The summed E-state index contributed by atoms with van der Waals surface area (Å²) in [4.78, 5) is 4.61. The topological polar surface area (TPSA) is 37.3 Å². The fourth-order valence-corrected chi connectivity index (χ4v) is 3.12. The average Bonchev–Trinajstić information content (AvgIpc) is 2.60. The van der Waals surface area contributed by atoms with Gasteiger partial charge in [0.1, 0.15) is 5.82 Å². The average molecular weight is 360 g/mol. The Bertz CT molecular complexity index is 973. The van der Waals surface area contributed by atoms with Crippen LogP contribution in [0.15, 0.2) is 59.7 Å². The van der Waals surface area contributed by atoms with Crippen LogP contribution in [-0.2, 0) is 10.8 Å². The first-order chi connectivity index (χ1) is 12.6. The van der Waals surface area contributed by atoms with Gasteiger partial charge < -0.3 is 0 Å². The Kier molecular flexibility index (Phi) is 5.05. The summed E-state index contributed by atoms with van der Waals surface area (Å²) >= 11 is 0. The van der Waals surface area contributed by atoms with Gasteiger partial charge in [0.05, 0.1) is 11.7 Å². The Labute approximate surface area is 162 Å². The van der Waals surface area contributed by atoms with Crippen molar-refractivity contribution in [1.29, 1.82) is 0 Å². The number of fused-ring (bicyclic) bond motifs is 1. The Morgan fingerprint density at radius 2 is 1.59 bits per heavy atom. The molecule has 27 heavy (non-hydrogen) atoms. The van der Waals surface area contributed by atoms with E-state index in [1.165, 1.54) is 11.1 Å². The van der Waals surface area contributed by atoms with Crippen LogP contribution < -0.4 is 5.43 Å². The molecule has 3 nitrogen and oxygen atoms in total. The van der Waals surface area contributed by atoms with E-state index < -0.39 is 0 Å². The zero-order chi connectivity index (χ0) is 19.7. The lowest BCUT2D eigenvalue weighted by molar-refractivity contribution is 0.576. The van der Waals surface area contributed by atoms with Gasteiger partial charge in [-0.15, -0.1) is 0 Å². The van der Waals surface area contributed by atoms with E-state index >= 15 is 0 Å². The minimum Gasteiger partial charge on any atom is -0.261 e. The Balaban J connectivity index is 1.90. The van der Waals surface area contributed by atoms with Crippen molar-refractivity contribution >= 4 is 22.9 Å². The summed E-state index contributed by atoms with van der Waals surface area (Å²) in [5.74, 6) is 0.745. The van der Waals surface area contributed by atoms with Gasteiger partial charge in [-0.25, -0.2) is 4.98 Å². The number of benzene rings is 2. The van der Waals surface area contributed by atoms with Crippen LogP contribution in [0.3, 0.4) is 0 Å². The molecule has 0 aliphatic heterocycles. The van der Waals surface area contributed by atoms with Gasteiger partial charge in [0, 0.05) is 5.39 Å². The molecular formula is C24H29N3. The first-order valence-electron chi connectivity index (χ1n) is 9.44. The molecule has 1 heterocycles. The molecule has 0 saturated heterocycles. The lowest BCUT2D eigenvalue weighted by atomic mass is 9.79. The van der Waals surface area contributed by atoms with Crippen molar-refractivity contribution in [2.45, 2.75) is 52.4 Å². The molecule has 0 atom stereocenters. The van der Waals surface area contributed by atoms with Crippen LogP contribution in [0.25, 0.3) is 10.9 Å². The number of pyridine rings is 1. The van der Waals surface area contributed by atoms with Crippen molar-refractivity contribution in [2.75, 3.05) is 5.43 Å². The van der Waals surface area contributed by atoms with E-state index in [-0.39, 0.29) is 10.8 Å². The summed E-state index contributed by atoms with van der Waals surface area (Å²) in [5.41, 5.74) is 7.93. The highest BCUT2D eigenvalue weighted by Crippen LogP contribution is 2.30. The molecule has 0 amide bonds. The molecule has 1 N–H and O–H groups in total. The van der Waals surface area contributed by atoms with Crippen LogP contribution in [0.1, 0.15) is 58.2 Å². The number of nitrogens with zero attached hydrogens (tertiary/aromatic N) is 2. The van der Waals surface area contributed by atoms with E-state index in [2.05, 4.69) is 87.4 Å². The summed E-state index contributed by atoms with van der Waals surface area (Å²) in [5, 5.41) is 5.60. The zero-order valence-corrected chi connectivity index (χ0v) is 17.2. The van der Waals surface area contributed by atoms with Crippen LogP contribution in [0, 0.1) is 0 Å². The molecule has 0 radical (unpaired) electrons. The molecule has 0 fully saturated rings. The van der Waals surface area contributed by atoms with Gasteiger partial charge >= 0.3 is 0 Å².